The molecule has 1 atom stereocenters. The average Bonchev–Trinajstić information content (AvgIpc) is 2.54. The summed E-state index contributed by atoms with van der Waals surface area (Å²) in [4.78, 5) is 0. The zero-order valence-corrected chi connectivity index (χ0v) is 13.3. The van der Waals surface area contributed by atoms with Crippen molar-refractivity contribution in [2.75, 3.05) is 20.8 Å². The van der Waals surface area contributed by atoms with Gasteiger partial charge in [0.15, 0.2) is 11.5 Å². The molecule has 0 heterocycles. The van der Waals surface area contributed by atoms with E-state index in [-0.39, 0.29) is 11.7 Å². The van der Waals surface area contributed by atoms with E-state index in [0.29, 0.717) is 12.3 Å². The lowest BCUT2D eigenvalue weighted by Gasteiger charge is -2.19. The Morgan fingerprint density at radius 3 is 2.41 bits per heavy atom. The molecule has 2 aromatic carbocycles. The van der Waals surface area contributed by atoms with Gasteiger partial charge in [0.2, 0.25) is 0 Å². The quantitative estimate of drug-likeness (QED) is 0.861. The van der Waals surface area contributed by atoms with Crippen molar-refractivity contribution in [3.8, 4) is 17.2 Å². The monoisotopic (exact) mass is 301 g/mol. The molecule has 2 rings (SSSR count). The molecular weight excluding hydrogens is 278 g/mol. The van der Waals surface area contributed by atoms with Crippen molar-refractivity contribution in [3.05, 3.63) is 53.1 Å². The molecule has 0 amide bonds. The standard InChI is InChI=1S/C18H23NO3/c1-12-4-7-17(21-2)15(8-12)14(11-19)9-13-5-6-16(20)18(10-13)22-3/h4-8,10,14,20H,9,11,19H2,1-3H3. The van der Waals surface area contributed by atoms with E-state index < -0.39 is 0 Å². The fraction of sp³-hybridized carbons (Fsp3) is 0.333. The Labute approximate surface area is 131 Å². The number of rotatable bonds is 6. The van der Waals surface area contributed by atoms with Gasteiger partial charge in [-0.15, -0.1) is 0 Å². The molecule has 0 saturated heterocycles. The second-order valence-corrected chi connectivity index (χ2v) is 5.39. The van der Waals surface area contributed by atoms with Crippen LogP contribution in [0, 0.1) is 6.92 Å². The summed E-state index contributed by atoms with van der Waals surface area (Å²) in [5.41, 5.74) is 9.34. The van der Waals surface area contributed by atoms with Crippen molar-refractivity contribution in [2.24, 2.45) is 5.73 Å². The van der Waals surface area contributed by atoms with Crippen molar-refractivity contribution in [1.82, 2.24) is 0 Å². The highest BCUT2D eigenvalue weighted by Crippen LogP contribution is 2.32. The van der Waals surface area contributed by atoms with Gasteiger partial charge < -0.3 is 20.3 Å². The average molecular weight is 301 g/mol. The Kier molecular flexibility index (Phi) is 5.28. The number of hydrogen-bond acceptors (Lipinski definition) is 4. The molecule has 0 aliphatic heterocycles. The molecule has 22 heavy (non-hydrogen) atoms. The highest BCUT2D eigenvalue weighted by molar-refractivity contribution is 5.44. The Bertz CT molecular complexity index is 640. The van der Waals surface area contributed by atoms with Gasteiger partial charge in [0.25, 0.3) is 0 Å². The third-order valence-electron chi connectivity index (χ3n) is 3.84. The van der Waals surface area contributed by atoms with Crippen LogP contribution in [0.2, 0.25) is 0 Å². The molecule has 3 N–H and O–H groups in total. The third kappa shape index (κ3) is 3.52. The van der Waals surface area contributed by atoms with Crippen LogP contribution in [-0.2, 0) is 6.42 Å². The smallest absolute Gasteiger partial charge is 0.160 e. The minimum atomic E-state index is 0.142. The van der Waals surface area contributed by atoms with Crippen LogP contribution >= 0.6 is 0 Å². The van der Waals surface area contributed by atoms with Crippen LogP contribution in [0.5, 0.6) is 17.2 Å². The van der Waals surface area contributed by atoms with E-state index in [2.05, 4.69) is 13.0 Å². The molecular formula is C18H23NO3. The van der Waals surface area contributed by atoms with Crippen LogP contribution in [0.4, 0.5) is 0 Å². The highest BCUT2D eigenvalue weighted by Gasteiger charge is 2.16. The van der Waals surface area contributed by atoms with E-state index in [1.807, 2.05) is 24.3 Å². The lowest BCUT2D eigenvalue weighted by molar-refractivity contribution is 0.372. The number of phenols is 1. The Morgan fingerprint density at radius 2 is 1.77 bits per heavy atom. The molecule has 4 heteroatoms. The Balaban J connectivity index is 2.31. The molecule has 0 bridgehead atoms. The van der Waals surface area contributed by atoms with E-state index in [1.165, 1.54) is 5.56 Å². The molecule has 0 radical (unpaired) electrons. The van der Waals surface area contributed by atoms with Crippen molar-refractivity contribution in [3.63, 3.8) is 0 Å². The second-order valence-electron chi connectivity index (χ2n) is 5.39. The summed E-state index contributed by atoms with van der Waals surface area (Å²) < 4.78 is 10.6. The minimum absolute atomic E-state index is 0.142. The largest absolute Gasteiger partial charge is 0.504 e. The summed E-state index contributed by atoms with van der Waals surface area (Å²) in [6, 6.07) is 11.5. The van der Waals surface area contributed by atoms with E-state index in [1.54, 1.807) is 20.3 Å². The van der Waals surface area contributed by atoms with Gasteiger partial charge in [-0.3, -0.25) is 0 Å². The van der Waals surface area contributed by atoms with Crippen LogP contribution < -0.4 is 15.2 Å². The Hall–Kier alpha value is -2.20. The first-order valence-electron chi connectivity index (χ1n) is 7.29. The first-order chi connectivity index (χ1) is 10.6. The van der Waals surface area contributed by atoms with Crippen LogP contribution in [-0.4, -0.2) is 25.9 Å². The molecule has 0 aromatic heterocycles. The lowest BCUT2D eigenvalue weighted by Crippen LogP contribution is -2.16. The molecule has 1 unspecified atom stereocenters. The fourth-order valence-corrected chi connectivity index (χ4v) is 2.63. The van der Waals surface area contributed by atoms with Gasteiger partial charge >= 0.3 is 0 Å². The lowest BCUT2D eigenvalue weighted by atomic mass is 9.90. The summed E-state index contributed by atoms with van der Waals surface area (Å²) >= 11 is 0. The molecule has 2 aromatic rings. The number of methoxy groups -OCH3 is 2. The number of nitrogens with two attached hydrogens (primary N) is 1. The van der Waals surface area contributed by atoms with Crippen LogP contribution in [0.25, 0.3) is 0 Å². The van der Waals surface area contributed by atoms with Crippen molar-refractivity contribution < 1.29 is 14.6 Å². The summed E-state index contributed by atoms with van der Waals surface area (Å²) in [6.07, 6.45) is 0.757. The molecule has 0 aliphatic carbocycles. The predicted molar refractivity (Wildman–Crippen MR) is 87.9 cm³/mol. The minimum Gasteiger partial charge on any atom is -0.504 e. The van der Waals surface area contributed by atoms with Crippen molar-refractivity contribution >= 4 is 0 Å². The predicted octanol–water partition coefficient (Wildman–Crippen LogP) is 3.00. The van der Waals surface area contributed by atoms with Gasteiger partial charge in [0.1, 0.15) is 5.75 Å². The molecule has 118 valence electrons. The van der Waals surface area contributed by atoms with Gasteiger partial charge in [-0.25, -0.2) is 0 Å². The second kappa shape index (κ2) is 7.18. The van der Waals surface area contributed by atoms with Crippen LogP contribution in [0.3, 0.4) is 0 Å². The first kappa shape index (κ1) is 16.2. The number of ether oxygens (including phenoxy) is 2. The van der Waals surface area contributed by atoms with Crippen LogP contribution in [0.1, 0.15) is 22.6 Å². The zero-order chi connectivity index (χ0) is 16.1. The first-order valence-corrected chi connectivity index (χ1v) is 7.29. The van der Waals surface area contributed by atoms with Crippen molar-refractivity contribution in [1.29, 1.82) is 0 Å². The van der Waals surface area contributed by atoms with Gasteiger partial charge in [0, 0.05) is 5.92 Å². The number of aryl methyl sites for hydroxylation is 1. The zero-order valence-electron chi connectivity index (χ0n) is 13.3. The number of aromatic hydroxyl groups is 1. The normalized spacial score (nSPS) is 12.0. The summed E-state index contributed by atoms with van der Waals surface area (Å²) in [5.74, 6) is 1.61. The van der Waals surface area contributed by atoms with Gasteiger partial charge in [-0.05, 0) is 49.2 Å². The van der Waals surface area contributed by atoms with E-state index in [0.717, 1.165) is 23.3 Å². The summed E-state index contributed by atoms with van der Waals surface area (Å²) in [5, 5.41) is 9.69. The van der Waals surface area contributed by atoms with Gasteiger partial charge in [-0.2, -0.15) is 0 Å². The van der Waals surface area contributed by atoms with Crippen LogP contribution in [0.15, 0.2) is 36.4 Å². The summed E-state index contributed by atoms with van der Waals surface area (Å²) in [6.45, 7) is 2.57. The molecule has 0 saturated carbocycles. The maximum Gasteiger partial charge on any atom is 0.160 e. The maximum absolute atomic E-state index is 9.69. The number of phenolic OH excluding ortho intramolecular Hbond substituents is 1. The maximum atomic E-state index is 9.69. The molecule has 0 aliphatic rings. The molecule has 4 nitrogen and oxygen atoms in total. The van der Waals surface area contributed by atoms with E-state index >= 15 is 0 Å². The van der Waals surface area contributed by atoms with E-state index in [4.69, 9.17) is 15.2 Å². The fourth-order valence-electron chi connectivity index (χ4n) is 2.63. The number of benzene rings is 2. The molecule has 0 spiro atoms. The Morgan fingerprint density at radius 1 is 1.05 bits per heavy atom. The molecule has 0 fully saturated rings. The summed E-state index contributed by atoms with van der Waals surface area (Å²) in [7, 11) is 3.22. The third-order valence-corrected chi connectivity index (χ3v) is 3.84. The number of hydrogen-bond donors (Lipinski definition) is 2. The highest BCUT2D eigenvalue weighted by atomic mass is 16.5. The van der Waals surface area contributed by atoms with Gasteiger partial charge in [0.05, 0.1) is 14.2 Å². The van der Waals surface area contributed by atoms with E-state index in [9.17, 15) is 5.11 Å². The van der Waals surface area contributed by atoms with Gasteiger partial charge in [-0.1, -0.05) is 23.8 Å². The topological polar surface area (TPSA) is 64.7 Å². The SMILES string of the molecule is COc1cc(CC(CN)c2cc(C)ccc2OC)ccc1O. The van der Waals surface area contributed by atoms with Crippen molar-refractivity contribution in [2.45, 2.75) is 19.3 Å².